The number of methoxy groups -OCH3 is 1. The van der Waals surface area contributed by atoms with Gasteiger partial charge >= 0.3 is 0 Å². The Morgan fingerprint density at radius 3 is 2.58 bits per heavy atom. The van der Waals surface area contributed by atoms with Crippen molar-refractivity contribution in [1.82, 2.24) is 0 Å². The second-order valence-electron chi connectivity index (χ2n) is 2.41. The van der Waals surface area contributed by atoms with Gasteiger partial charge in [-0.2, -0.15) is 0 Å². The Bertz CT molecular complexity index is 251. The smallest absolute Gasteiger partial charge is 0.123 e. The first kappa shape index (κ1) is 8.94. The maximum Gasteiger partial charge on any atom is 0.123 e. The molecule has 1 nitrogen and oxygen atoms in total. The first-order valence-corrected chi connectivity index (χ1v) is 3.74. The van der Waals surface area contributed by atoms with Crippen molar-refractivity contribution in [2.75, 3.05) is 13.7 Å². The third kappa shape index (κ3) is 2.84. The average molecular weight is 166 g/mol. The number of hydrogen-bond acceptors (Lipinski definition) is 1. The molecule has 0 fully saturated rings. The molecule has 0 amide bonds. The molecule has 0 N–H and O–H groups in total. The fourth-order valence-electron chi connectivity index (χ4n) is 0.854. The Balaban J connectivity index is 2.58. The van der Waals surface area contributed by atoms with Crippen LogP contribution in [0.1, 0.15) is 5.56 Å². The van der Waals surface area contributed by atoms with E-state index in [4.69, 9.17) is 4.74 Å². The molecule has 0 aliphatic rings. The van der Waals surface area contributed by atoms with Gasteiger partial charge in [0, 0.05) is 7.11 Å². The number of halogens is 1. The van der Waals surface area contributed by atoms with Crippen LogP contribution in [-0.2, 0) is 4.74 Å². The second kappa shape index (κ2) is 4.67. The molecule has 0 aliphatic carbocycles. The van der Waals surface area contributed by atoms with Gasteiger partial charge in [-0.3, -0.25) is 0 Å². The molecule has 1 aromatic rings. The van der Waals surface area contributed by atoms with Crippen LogP contribution in [0, 0.1) is 5.82 Å². The van der Waals surface area contributed by atoms with Gasteiger partial charge in [-0.15, -0.1) is 0 Å². The van der Waals surface area contributed by atoms with Gasteiger partial charge in [0.25, 0.3) is 0 Å². The van der Waals surface area contributed by atoms with Gasteiger partial charge in [0.1, 0.15) is 5.82 Å². The van der Waals surface area contributed by atoms with Crippen LogP contribution in [0.15, 0.2) is 30.3 Å². The number of hydrogen-bond donors (Lipinski definition) is 0. The summed E-state index contributed by atoms with van der Waals surface area (Å²) in [5.41, 5.74) is 0.980. The molecule has 12 heavy (non-hydrogen) atoms. The lowest BCUT2D eigenvalue weighted by Crippen LogP contribution is -1.80. The Labute approximate surface area is 71.5 Å². The molecule has 2 heteroatoms. The molecule has 0 bridgehead atoms. The summed E-state index contributed by atoms with van der Waals surface area (Å²) in [5.74, 6) is -0.209. The molecular formula is C10H11FO. The minimum Gasteiger partial charge on any atom is -0.381 e. The van der Waals surface area contributed by atoms with Gasteiger partial charge in [0.2, 0.25) is 0 Å². The summed E-state index contributed by atoms with van der Waals surface area (Å²) in [6, 6.07) is 6.32. The molecular weight excluding hydrogens is 155 g/mol. The zero-order chi connectivity index (χ0) is 8.81. The fraction of sp³-hybridized carbons (Fsp3) is 0.200. The van der Waals surface area contributed by atoms with E-state index in [1.807, 2.05) is 12.2 Å². The molecule has 0 aliphatic heterocycles. The predicted octanol–water partition coefficient (Wildman–Crippen LogP) is 2.49. The lowest BCUT2D eigenvalue weighted by atomic mass is 10.2. The Kier molecular flexibility index (Phi) is 3.48. The van der Waals surface area contributed by atoms with Crippen molar-refractivity contribution in [2.45, 2.75) is 0 Å². The summed E-state index contributed by atoms with van der Waals surface area (Å²) in [6.07, 6.45) is 3.77. The van der Waals surface area contributed by atoms with E-state index in [-0.39, 0.29) is 5.82 Å². The maximum atomic E-state index is 12.4. The summed E-state index contributed by atoms with van der Waals surface area (Å²) < 4.78 is 17.3. The summed E-state index contributed by atoms with van der Waals surface area (Å²) in [4.78, 5) is 0. The standard InChI is InChI=1S/C10H11FO/c1-12-8-2-3-9-4-6-10(11)7-5-9/h2-7H,8H2,1H3. The first-order chi connectivity index (χ1) is 5.83. The summed E-state index contributed by atoms with van der Waals surface area (Å²) >= 11 is 0. The zero-order valence-corrected chi connectivity index (χ0v) is 6.96. The van der Waals surface area contributed by atoms with Gasteiger partial charge < -0.3 is 4.74 Å². The van der Waals surface area contributed by atoms with Crippen LogP contribution in [-0.4, -0.2) is 13.7 Å². The zero-order valence-electron chi connectivity index (χ0n) is 6.96. The molecule has 0 atom stereocenters. The number of ether oxygens (including phenoxy) is 1. The van der Waals surface area contributed by atoms with Crippen LogP contribution in [0.4, 0.5) is 4.39 Å². The Morgan fingerprint density at radius 1 is 1.33 bits per heavy atom. The van der Waals surface area contributed by atoms with E-state index in [0.717, 1.165) is 5.56 Å². The van der Waals surface area contributed by atoms with Crippen molar-refractivity contribution in [3.8, 4) is 0 Å². The highest BCUT2D eigenvalue weighted by molar-refractivity contribution is 5.48. The van der Waals surface area contributed by atoms with Gasteiger partial charge in [-0.25, -0.2) is 4.39 Å². The minimum atomic E-state index is -0.209. The molecule has 1 rings (SSSR count). The molecule has 0 aromatic heterocycles. The van der Waals surface area contributed by atoms with Gasteiger partial charge in [-0.1, -0.05) is 24.3 Å². The van der Waals surface area contributed by atoms with Gasteiger partial charge in [0.05, 0.1) is 6.61 Å². The quantitative estimate of drug-likeness (QED) is 0.670. The Morgan fingerprint density at radius 2 is 2.00 bits per heavy atom. The lowest BCUT2D eigenvalue weighted by molar-refractivity contribution is 0.234. The van der Waals surface area contributed by atoms with Crippen molar-refractivity contribution in [3.05, 3.63) is 41.7 Å². The van der Waals surface area contributed by atoms with E-state index in [1.165, 1.54) is 12.1 Å². The third-order valence-corrected chi connectivity index (χ3v) is 1.44. The van der Waals surface area contributed by atoms with Crippen molar-refractivity contribution in [1.29, 1.82) is 0 Å². The first-order valence-electron chi connectivity index (χ1n) is 3.74. The monoisotopic (exact) mass is 166 g/mol. The molecule has 64 valence electrons. The molecule has 0 unspecified atom stereocenters. The summed E-state index contributed by atoms with van der Waals surface area (Å²) in [5, 5.41) is 0. The van der Waals surface area contributed by atoms with Crippen LogP contribution >= 0.6 is 0 Å². The number of rotatable bonds is 3. The molecule has 0 saturated carbocycles. The van der Waals surface area contributed by atoms with Crippen molar-refractivity contribution in [2.24, 2.45) is 0 Å². The summed E-state index contributed by atoms with van der Waals surface area (Å²) in [7, 11) is 1.63. The van der Waals surface area contributed by atoms with Crippen LogP contribution in [0.25, 0.3) is 6.08 Å². The highest BCUT2D eigenvalue weighted by atomic mass is 19.1. The SMILES string of the molecule is COCC=Cc1ccc(F)cc1. The summed E-state index contributed by atoms with van der Waals surface area (Å²) in [6.45, 7) is 0.581. The van der Waals surface area contributed by atoms with Crippen molar-refractivity contribution in [3.63, 3.8) is 0 Å². The average Bonchev–Trinajstić information content (AvgIpc) is 2.09. The normalized spacial score (nSPS) is 10.8. The fourth-order valence-corrected chi connectivity index (χ4v) is 0.854. The predicted molar refractivity (Wildman–Crippen MR) is 47.3 cm³/mol. The van der Waals surface area contributed by atoms with E-state index in [9.17, 15) is 4.39 Å². The van der Waals surface area contributed by atoms with Crippen LogP contribution in [0.2, 0.25) is 0 Å². The van der Waals surface area contributed by atoms with E-state index in [2.05, 4.69) is 0 Å². The molecule has 0 spiro atoms. The van der Waals surface area contributed by atoms with Crippen LogP contribution in [0.3, 0.4) is 0 Å². The van der Waals surface area contributed by atoms with Gasteiger partial charge in [0.15, 0.2) is 0 Å². The van der Waals surface area contributed by atoms with E-state index < -0.39 is 0 Å². The molecule has 0 heterocycles. The topological polar surface area (TPSA) is 9.23 Å². The highest BCUT2D eigenvalue weighted by Crippen LogP contribution is 2.04. The molecule has 0 saturated heterocycles. The highest BCUT2D eigenvalue weighted by Gasteiger charge is 1.87. The number of benzene rings is 1. The van der Waals surface area contributed by atoms with Crippen molar-refractivity contribution < 1.29 is 9.13 Å². The largest absolute Gasteiger partial charge is 0.381 e. The molecule has 1 aromatic carbocycles. The second-order valence-corrected chi connectivity index (χ2v) is 2.41. The van der Waals surface area contributed by atoms with Gasteiger partial charge in [-0.05, 0) is 17.7 Å². The minimum absolute atomic E-state index is 0.209. The van der Waals surface area contributed by atoms with Crippen LogP contribution < -0.4 is 0 Å². The van der Waals surface area contributed by atoms with Crippen LogP contribution in [0.5, 0.6) is 0 Å². The maximum absolute atomic E-state index is 12.4. The molecule has 0 radical (unpaired) electrons. The lowest BCUT2D eigenvalue weighted by Gasteiger charge is -1.92. The van der Waals surface area contributed by atoms with Crippen molar-refractivity contribution >= 4 is 6.08 Å². The third-order valence-electron chi connectivity index (χ3n) is 1.44. The van der Waals surface area contributed by atoms with E-state index in [0.29, 0.717) is 6.61 Å². The Hall–Kier alpha value is -1.15. The van der Waals surface area contributed by atoms with E-state index >= 15 is 0 Å². The van der Waals surface area contributed by atoms with E-state index in [1.54, 1.807) is 19.2 Å².